The maximum absolute atomic E-state index is 15.9. The van der Waals surface area contributed by atoms with Gasteiger partial charge in [0.25, 0.3) is 0 Å². The molecule has 328 valence electrons. The summed E-state index contributed by atoms with van der Waals surface area (Å²) in [5, 5.41) is 14.1. The monoisotopic (exact) mass is 905 g/mol. The summed E-state index contributed by atoms with van der Waals surface area (Å²) in [6.07, 6.45) is 3.66. The van der Waals surface area contributed by atoms with Gasteiger partial charge in [-0.15, -0.1) is 0 Å². The molecule has 0 spiro atoms. The lowest BCUT2D eigenvalue weighted by atomic mass is 9.96. The Morgan fingerprint density at radius 2 is 0.768 bits per heavy atom. The zero-order valence-electron chi connectivity index (χ0n) is 36.1. The maximum atomic E-state index is 15.9. The minimum Gasteiger partial charge on any atom is -0.307 e. The first-order valence-corrected chi connectivity index (χ1v) is 22.0. The van der Waals surface area contributed by atoms with Crippen LogP contribution in [0.3, 0.4) is 0 Å². The minimum atomic E-state index is -2.29. The van der Waals surface area contributed by atoms with Crippen molar-refractivity contribution in [3.05, 3.63) is 229 Å². The molecule has 4 aromatic heterocycles. The molecule has 0 saturated carbocycles. The zero-order valence-corrected chi connectivity index (χ0v) is 36.1. The van der Waals surface area contributed by atoms with E-state index in [1.165, 1.54) is 12.1 Å². The lowest BCUT2D eigenvalue weighted by Gasteiger charge is -2.20. The summed E-state index contributed by atoms with van der Waals surface area (Å²) < 4.78 is 80.4. The summed E-state index contributed by atoms with van der Waals surface area (Å²) in [4.78, 5) is 9.52. The van der Waals surface area contributed by atoms with Crippen molar-refractivity contribution in [1.82, 2.24) is 19.1 Å². The smallest absolute Gasteiger partial charge is 0.200 e. The van der Waals surface area contributed by atoms with Gasteiger partial charge in [0.15, 0.2) is 23.3 Å². The van der Waals surface area contributed by atoms with Gasteiger partial charge in [-0.3, -0.25) is 9.97 Å². The Morgan fingerprint density at radius 3 is 1.22 bits per heavy atom. The second-order valence-corrected chi connectivity index (χ2v) is 16.7. The van der Waals surface area contributed by atoms with Crippen molar-refractivity contribution < 1.29 is 22.0 Å². The molecule has 0 aliphatic carbocycles. The van der Waals surface area contributed by atoms with Crippen LogP contribution in [0.15, 0.2) is 194 Å². The number of fused-ring (bicyclic) bond motifs is 6. The maximum Gasteiger partial charge on any atom is 0.200 e. The summed E-state index contributed by atoms with van der Waals surface area (Å²) in [6, 6.07) is 59.9. The van der Waals surface area contributed by atoms with E-state index in [1.807, 2.05) is 191 Å². The third-order valence-corrected chi connectivity index (χ3v) is 12.9. The van der Waals surface area contributed by atoms with Gasteiger partial charge in [-0.2, -0.15) is 5.26 Å². The van der Waals surface area contributed by atoms with Crippen LogP contribution in [0.4, 0.5) is 22.0 Å². The highest BCUT2D eigenvalue weighted by atomic mass is 19.2. The topological polar surface area (TPSA) is 59.4 Å². The molecule has 5 nitrogen and oxygen atoms in total. The molecule has 0 atom stereocenters. The molecule has 4 heterocycles. The molecular formula is C59H32F5N5. The molecule has 12 aromatic rings. The molecule has 0 saturated heterocycles. The summed E-state index contributed by atoms with van der Waals surface area (Å²) >= 11 is 0. The number of pyridine rings is 2. The van der Waals surface area contributed by atoms with E-state index < -0.39 is 40.2 Å². The molecule has 0 amide bonds. The summed E-state index contributed by atoms with van der Waals surface area (Å²) in [5.41, 5.74) is 8.77. The standard InChI is InChI=1S/C59H32F5N5/c60-55-54(56(61)58(63)59(64)57(55)62)43-30-53(69-49-18-10-8-16-42(49)45-28-37(22-26-51(45)69)39-20-24-47(67-33-39)35-13-5-2-6-14-35)52(29-40(43)31-65)68-48-17-9-7-15-41(48)44-27-36(21-25-50(44)68)38-19-23-46(66-32-38)34-11-3-1-4-12-34/h1-30,32-33H. The van der Waals surface area contributed by atoms with E-state index in [0.717, 1.165) is 77.3 Å². The van der Waals surface area contributed by atoms with Crippen LogP contribution < -0.4 is 0 Å². The van der Waals surface area contributed by atoms with Crippen molar-refractivity contribution in [2.75, 3.05) is 0 Å². The van der Waals surface area contributed by atoms with Crippen LogP contribution in [0.1, 0.15) is 5.56 Å². The number of hydrogen-bond acceptors (Lipinski definition) is 3. The lowest BCUT2D eigenvalue weighted by Crippen LogP contribution is -2.08. The Hall–Kier alpha value is -9.20. The van der Waals surface area contributed by atoms with Gasteiger partial charge in [0.1, 0.15) is 0 Å². The second kappa shape index (κ2) is 16.3. The van der Waals surface area contributed by atoms with Crippen LogP contribution in [-0.2, 0) is 0 Å². The SMILES string of the molecule is N#Cc1cc(-n2c3ccccc3c3cc(-c4ccc(-c5ccccc5)nc4)ccc32)c(-n2c3ccccc3c3cc(-c4ccc(-c5ccccc5)nc4)ccc32)cc1-c1c(F)c(F)c(F)c(F)c1F. The third kappa shape index (κ3) is 6.66. The summed E-state index contributed by atoms with van der Waals surface area (Å²) in [7, 11) is 0. The average Bonchev–Trinajstić information content (AvgIpc) is 3.92. The largest absolute Gasteiger partial charge is 0.307 e. The highest BCUT2D eigenvalue weighted by Crippen LogP contribution is 2.44. The average molecular weight is 906 g/mol. The molecule has 0 unspecified atom stereocenters. The zero-order chi connectivity index (χ0) is 46.9. The van der Waals surface area contributed by atoms with Crippen LogP contribution >= 0.6 is 0 Å². The predicted octanol–water partition coefficient (Wildman–Crippen LogP) is 15.6. The second-order valence-electron chi connectivity index (χ2n) is 16.7. The quantitative estimate of drug-likeness (QED) is 0.0909. The predicted molar refractivity (Wildman–Crippen MR) is 262 cm³/mol. The molecule has 12 rings (SSSR count). The van der Waals surface area contributed by atoms with Crippen molar-refractivity contribution in [1.29, 1.82) is 5.26 Å². The normalized spacial score (nSPS) is 11.5. The van der Waals surface area contributed by atoms with Crippen LogP contribution in [0, 0.1) is 40.4 Å². The van der Waals surface area contributed by atoms with Gasteiger partial charge in [-0.05, 0) is 71.8 Å². The van der Waals surface area contributed by atoms with E-state index in [1.54, 1.807) is 0 Å². The number of rotatable bonds is 7. The van der Waals surface area contributed by atoms with E-state index in [4.69, 9.17) is 9.97 Å². The van der Waals surface area contributed by atoms with E-state index >= 15 is 17.6 Å². The number of para-hydroxylation sites is 2. The fourth-order valence-corrected chi connectivity index (χ4v) is 9.59. The van der Waals surface area contributed by atoms with Gasteiger partial charge in [0, 0.05) is 61.8 Å². The number of nitrogens with zero attached hydrogens (tertiary/aromatic N) is 5. The molecule has 0 N–H and O–H groups in total. The van der Waals surface area contributed by atoms with Crippen molar-refractivity contribution in [3.8, 4) is 73.3 Å². The molecule has 0 fully saturated rings. The van der Waals surface area contributed by atoms with Crippen molar-refractivity contribution >= 4 is 43.6 Å². The highest BCUT2D eigenvalue weighted by Gasteiger charge is 2.30. The number of aromatic nitrogens is 4. The molecule has 0 aliphatic heterocycles. The number of halogens is 5. The fraction of sp³-hybridized carbons (Fsp3) is 0. The number of nitriles is 1. The molecule has 69 heavy (non-hydrogen) atoms. The Kier molecular flexibility index (Phi) is 9.74. The van der Waals surface area contributed by atoms with E-state index in [9.17, 15) is 9.65 Å². The number of hydrogen-bond donors (Lipinski definition) is 0. The van der Waals surface area contributed by atoms with Gasteiger partial charge in [-0.25, -0.2) is 22.0 Å². The summed E-state index contributed by atoms with van der Waals surface area (Å²) in [6.45, 7) is 0. The lowest BCUT2D eigenvalue weighted by molar-refractivity contribution is 0.381. The van der Waals surface area contributed by atoms with Gasteiger partial charge in [-0.1, -0.05) is 121 Å². The van der Waals surface area contributed by atoms with E-state index in [2.05, 4.69) is 6.07 Å². The molecule has 8 aromatic carbocycles. The Morgan fingerprint density at radius 1 is 0.362 bits per heavy atom. The van der Waals surface area contributed by atoms with Gasteiger partial charge < -0.3 is 9.13 Å². The van der Waals surface area contributed by atoms with E-state index in [0.29, 0.717) is 22.4 Å². The first kappa shape index (κ1) is 41.2. The molecule has 0 aliphatic rings. The molecule has 0 radical (unpaired) electrons. The van der Waals surface area contributed by atoms with Gasteiger partial charge >= 0.3 is 0 Å². The first-order valence-electron chi connectivity index (χ1n) is 22.0. The first-order chi connectivity index (χ1) is 33.8. The number of benzene rings is 8. The fourth-order valence-electron chi connectivity index (χ4n) is 9.59. The minimum absolute atomic E-state index is 0.307. The Balaban J connectivity index is 1.11. The Labute approximate surface area is 390 Å². The van der Waals surface area contributed by atoms with Gasteiger partial charge in [0.05, 0.1) is 62.0 Å². The van der Waals surface area contributed by atoms with Crippen LogP contribution in [0.25, 0.3) is 111 Å². The molecule has 10 heteroatoms. The summed E-state index contributed by atoms with van der Waals surface area (Å²) in [5.74, 6) is -10.6. The van der Waals surface area contributed by atoms with Crippen molar-refractivity contribution in [2.45, 2.75) is 0 Å². The van der Waals surface area contributed by atoms with Gasteiger partial charge in [0.2, 0.25) is 5.82 Å². The van der Waals surface area contributed by atoms with Crippen molar-refractivity contribution in [2.24, 2.45) is 0 Å². The van der Waals surface area contributed by atoms with Crippen molar-refractivity contribution in [3.63, 3.8) is 0 Å². The Bertz CT molecular complexity index is 4030. The molecule has 0 bridgehead atoms. The van der Waals surface area contributed by atoms with Crippen LogP contribution in [0.5, 0.6) is 0 Å². The molecular weight excluding hydrogens is 874 g/mol. The van der Waals surface area contributed by atoms with Crippen LogP contribution in [0.2, 0.25) is 0 Å². The third-order valence-electron chi connectivity index (χ3n) is 12.9. The van der Waals surface area contributed by atoms with Crippen LogP contribution in [-0.4, -0.2) is 19.1 Å². The van der Waals surface area contributed by atoms with E-state index in [-0.39, 0.29) is 5.56 Å². The highest BCUT2D eigenvalue weighted by molar-refractivity contribution is 6.13.